The molecule has 0 unspecified atom stereocenters. The second-order valence-corrected chi connectivity index (χ2v) is 13.1. The van der Waals surface area contributed by atoms with Gasteiger partial charge in [0.1, 0.15) is 17.3 Å². The lowest BCUT2D eigenvalue weighted by Gasteiger charge is -2.41. The van der Waals surface area contributed by atoms with Crippen LogP contribution in [0, 0.1) is 24.5 Å². The summed E-state index contributed by atoms with van der Waals surface area (Å²) in [6.45, 7) is 12.4. The number of fused-ring (bicyclic) bond motifs is 1. The van der Waals surface area contributed by atoms with Crippen molar-refractivity contribution >= 4 is 22.7 Å². The van der Waals surface area contributed by atoms with Crippen LogP contribution in [0.3, 0.4) is 0 Å². The Morgan fingerprint density at radius 3 is 2.31 bits per heavy atom. The van der Waals surface area contributed by atoms with E-state index in [1.165, 1.54) is 25.0 Å². The lowest BCUT2D eigenvalue weighted by molar-refractivity contribution is 0.120. The van der Waals surface area contributed by atoms with E-state index in [1.807, 2.05) is 19.1 Å². The highest BCUT2D eigenvalue weighted by atomic mass is 19.1. The van der Waals surface area contributed by atoms with E-state index in [9.17, 15) is 4.79 Å². The molecule has 2 aliphatic heterocycles. The number of para-hydroxylation sites is 1. The molecule has 0 spiro atoms. The predicted octanol–water partition coefficient (Wildman–Crippen LogP) is 6.46. The standard InChI is InChI=1S/C36H40F2N6O/c1-22-13-17-42(18-14-22)27-15-19-43(20-16-27)36-40-33(29-21-25(8-7-23(29)2)24(3)39-26-9-10-26)28-11-12-32(45)44(35(28)41-36)34-30(37)5-4-6-31(34)38/h4-8,11-12,21-22,26-27,39H,3,9-10,13-20H2,1-2H3. The molecule has 3 fully saturated rings. The van der Waals surface area contributed by atoms with Gasteiger partial charge >= 0.3 is 0 Å². The number of anilines is 1. The summed E-state index contributed by atoms with van der Waals surface area (Å²) >= 11 is 0. The molecule has 0 atom stereocenters. The highest BCUT2D eigenvalue weighted by molar-refractivity contribution is 5.93. The molecule has 3 aliphatic rings. The Labute approximate surface area is 262 Å². The maximum Gasteiger partial charge on any atom is 0.256 e. The minimum absolute atomic E-state index is 0.179. The smallest absolute Gasteiger partial charge is 0.256 e. The molecule has 4 aromatic rings. The van der Waals surface area contributed by atoms with Gasteiger partial charge in [0.15, 0.2) is 5.65 Å². The van der Waals surface area contributed by atoms with Gasteiger partial charge in [0.2, 0.25) is 5.95 Å². The molecule has 7 rings (SSSR count). The number of rotatable bonds is 7. The number of likely N-dealkylation sites (tertiary alicyclic amines) is 1. The molecule has 7 nitrogen and oxygen atoms in total. The van der Waals surface area contributed by atoms with Crippen LogP contribution in [0.4, 0.5) is 14.7 Å². The lowest BCUT2D eigenvalue weighted by Crippen LogP contribution is -2.48. The topological polar surface area (TPSA) is 66.3 Å². The van der Waals surface area contributed by atoms with Gasteiger partial charge in [0.25, 0.3) is 5.56 Å². The summed E-state index contributed by atoms with van der Waals surface area (Å²) in [5.74, 6) is -0.419. The average molecular weight is 611 g/mol. The maximum atomic E-state index is 15.2. The second-order valence-electron chi connectivity index (χ2n) is 13.1. The minimum Gasteiger partial charge on any atom is -0.382 e. The van der Waals surface area contributed by atoms with E-state index >= 15 is 8.78 Å². The monoisotopic (exact) mass is 610 g/mol. The number of halogens is 2. The molecule has 0 radical (unpaired) electrons. The first-order valence-electron chi connectivity index (χ1n) is 16.2. The van der Waals surface area contributed by atoms with Crippen LogP contribution in [-0.4, -0.2) is 57.7 Å². The van der Waals surface area contributed by atoms with Gasteiger partial charge in [-0.2, -0.15) is 4.98 Å². The Hall–Kier alpha value is -4.11. The average Bonchev–Trinajstić information content (AvgIpc) is 3.86. The molecule has 1 saturated carbocycles. The van der Waals surface area contributed by atoms with Crippen molar-refractivity contribution in [3.8, 4) is 16.9 Å². The number of benzene rings is 2. The molecule has 234 valence electrons. The van der Waals surface area contributed by atoms with E-state index in [2.05, 4.69) is 34.7 Å². The summed E-state index contributed by atoms with van der Waals surface area (Å²) in [6, 6.07) is 13.7. The third-order valence-corrected chi connectivity index (χ3v) is 9.78. The van der Waals surface area contributed by atoms with Crippen LogP contribution in [0.25, 0.3) is 33.7 Å². The van der Waals surface area contributed by atoms with Crippen molar-refractivity contribution in [3.63, 3.8) is 0 Å². The summed E-state index contributed by atoms with van der Waals surface area (Å²) in [4.78, 5) is 28.2. The first-order valence-corrected chi connectivity index (χ1v) is 16.2. The van der Waals surface area contributed by atoms with Crippen molar-refractivity contribution in [2.45, 2.75) is 64.5 Å². The molecular weight excluding hydrogens is 570 g/mol. The molecule has 2 aromatic carbocycles. The van der Waals surface area contributed by atoms with Crippen molar-refractivity contribution in [2.75, 3.05) is 31.1 Å². The van der Waals surface area contributed by atoms with Gasteiger partial charge in [-0.3, -0.25) is 9.36 Å². The molecule has 4 heterocycles. The largest absolute Gasteiger partial charge is 0.382 e. The zero-order chi connectivity index (χ0) is 31.2. The van der Waals surface area contributed by atoms with Gasteiger partial charge in [-0.05, 0) is 99.8 Å². The van der Waals surface area contributed by atoms with Crippen molar-refractivity contribution in [1.29, 1.82) is 0 Å². The zero-order valence-corrected chi connectivity index (χ0v) is 26.0. The predicted molar refractivity (Wildman–Crippen MR) is 176 cm³/mol. The Kier molecular flexibility index (Phi) is 7.89. The first kappa shape index (κ1) is 29.6. The van der Waals surface area contributed by atoms with E-state index in [4.69, 9.17) is 9.97 Å². The van der Waals surface area contributed by atoms with E-state index < -0.39 is 22.9 Å². The third kappa shape index (κ3) is 5.86. The summed E-state index contributed by atoms with van der Waals surface area (Å²) in [6.07, 6.45) is 6.71. The normalized spacial score (nSPS) is 18.4. The van der Waals surface area contributed by atoms with Gasteiger partial charge in [0, 0.05) is 47.9 Å². The van der Waals surface area contributed by atoms with Gasteiger partial charge in [-0.1, -0.05) is 31.7 Å². The molecule has 45 heavy (non-hydrogen) atoms. The van der Waals surface area contributed by atoms with Crippen LogP contribution in [0.2, 0.25) is 0 Å². The van der Waals surface area contributed by atoms with Crippen LogP contribution in [0.5, 0.6) is 0 Å². The van der Waals surface area contributed by atoms with E-state index in [1.54, 1.807) is 6.07 Å². The Morgan fingerprint density at radius 2 is 1.62 bits per heavy atom. The summed E-state index contributed by atoms with van der Waals surface area (Å²) in [5.41, 5.74) is 3.43. The van der Waals surface area contributed by atoms with Crippen LogP contribution in [0.15, 0.2) is 59.9 Å². The second kappa shape index (κ2) is 12.0. The number of aryl methyl sites for hydroxylation is 1. The number of aromatic nitrogens is 3. The van der Waals surface area contributed by atoms with Crippen molar-refractivity contribution in [2.24, 2.45) is 5.92 Å². The molecule has 0 amide bonds. The molecule has 2 saturated heterocycles. The molecule has 2 aromatic heterocycles. The molecule has 1 aliphatic carbocycles. The number of nitrogens with zero attached hydrogens (tertiary/aromatic N) is 5. The quantitative estimate of drug-likeness (QED) is 0.259. The Balaban J connectivity index is 1.35. The third-order valence-electron chi connectivity index (χ3n) is 9.78. The number of pyridine rings is 1. The molecule has 9 heteroatoms. The number of hydrogen-bond donors (Lipinski definition) is 1. The van der Waals surface area contributed by atoms with Gasteiger partial charge < -0.3 is 15.1 Å². The molecular formula is C36H40F2N6O. The zero-order valence-electron chi connectivity index (χ0n) is 26.0. The highest BCUT2D eigenvalue weighted by Crippen LogP contribution is 2.35. The molecule has 1 N–H and O–H groups in total. The van der Waals surface area contributed by atoms with Crippen molar-refractivity contribution in [3.05, 3.63) is 88.2 Å². The van der Waals surface area contributed by atoms with Crippen LogP contribution >= 0.6 is 0 Å². The van der Waals surface area contributed by atoms with Crippen LogP contribution < -0.4 is 15.8 Å². The lowest BCUT2D eigenvalue weighted by atomic mass is 9.95. The first-order chi connectivity index (χ1) is 21.8. The Morgan fingerprint density at radius 1 is 0.911 bits per heavy atom. The summed E-state index contributed by atoms with van der Waals surface area (Å²) in [5, 5.41) is 4.03. The number of nitrogens with one attached hydrogen (secondary N) is 1. The fraction of sp³-hybridized carbons (Fsp3) is 0.417. The SMILES string of the molecule is C=C(NC1CC1)c1ccc(C)c(-c2nc(N3CCC(N4CCC(C)CC4)CC3)nc3c2ccc(=O)n3-c2c(F)cccc2F)c1. The highest BCUT2D eigenvalue weighted by Gasteiger charge is 2.29. The van der Waals surface area contributed by atoms with E-state index in [0.29, 0.717) is 29.1 Å². The van der Waals surface area contributed by atoms with E-state index in [0.717, 1.165) is 96.9 Å². The summed E-state index contributed by atoms with van der Waals surface area (Å²) < 4.78 is 31.5. The number of hydrogen-bond acceptors (Lipinski definition) is 6. The van der Waals surface area contributed by atoms with Crippen molar-refractivity contribution < 1.29 is 8.78 Å². The van der Waals surface area contributed by atoms with Gasteiger partial charge in [-0.15, -0.1) is 0 Å². The fourth-order valence-corrected chi connectivity index (χ4v) is 6.82. The van der Waals surface area contributed by atoms with Gasteiger partial charge in [0.05, 0.1) is 5.69 Å². The van der Waals surface area contributed by atoms with Crippen molar-refractivity contribution in [1.82, 2.24) is 24.8 Å². The molecule has 0 bridgehead atoms. The van der Waals surface area contributed by atoms with E-state index in [-0.39, 0.29) is 5.65 Å². The fourth-order valence-electron chi connectivity index (χ4n) is 6.82. The van der Waals surface area contributed by atoms with Crippen LogP contribution in [-0.2, 0) is 0 Å². The summed E-state index contributed by atoms with van der Waals surface area (Å²) in [7, 11) is 0. The van der Waals surface area contributed by atoms with Crippen LogP contribution in [0.1, 0.15) is 56.6 Å². The maximum absolute atomic E-state index is 15.2. The Bertz CT molecular complexity index is 1800. The van der Waals surface area contributed by atoms with Gasteiger partial charge in [-0.25, -0.2) is 13.8 Å². The number of piperidine rings is 2. The minimum atomic E-state index is -0.830.